The lowest BCUT2D eigenvalue weighted by Gasteiger charge is -2.12. The first kappa shape index (κ1) is 26.7. The summed E-state index contributed by atoms with van der Waals surface area (Å²) in [7, 11) is -4.17. The van der Waals surface area contributed by atoms with Crippen molar-refractivity contribution in [3.63, 3.8) is 0 Å². The van der Waals surface area contributed by atoms with Gasteiger partial charge in [-0.05, 0) is 30.9 Å². The molecular formula is C23H30ClN5O5S. The smallest absolute Gasteiger partial charge is 0.322 e. The average Bonchev–Trinajstić information content (AvgIpc) is 3.09. The fraction of sp³-hybridized carbons (Fsp3) is 0.478. The number of hydrogen-bond acceptors (Lipinski definition) is 6. The standard InChI is InChI=1S/C23H30ClN5O5S/c1-5-6-12-28-21-19(22(31)26-23(28)32)29(13-14(2)3)17(25-21)10-11-18(30)27-35(33,34)20-15(4)8-7-9-16(20)24/h7-9,14H,5-6,10-13H2,1-4H3,(H,27,30)(H,26,31,32). The van der Waals surface area contributed by atoms with Gasteiger partial charge in [0.15, 0.2) is 11.2 Å². The van der Waals surface area contributed by atoms with Crippen LogP contribution in [0.4, 0.5) is 0 Å². The summed E-state index contributed by atoms with van der Waals surface area (Å²) in [6.07, 6.45) is 1.47. The molecule has 0 aliphatic carbocycles. The minimum atomic E-state index is -4.17. The largest absolute Gasteiger partial charge is 0.330 e. The summed E-state index contributed by atoms with van der Waals surface area (Å²) in [6.45, 7) is 8.38. The van der Waals surface area contributed by atoms with Crippen molar-refractivity contribution in [1.29, 1.82) is 0 Å². The maximum Gasteiger partial charge on any atom is 0.330 e. The number of hydrogen-bond donors (Lipinski definition) is 2. The summed E-state index contributed by atoms with van der Waals surface area (Å²) in [5.74, 6) is -0.153. The highest BCUT2D eigenvalue weighted by Gasteiger charge is 2.24. The number of aryl methyl sites for hydroxylation is 3. The molecule has 2 N–H and O–H groups in total. The number of nitrogens with one attached hydrogen (secondary N) is 2. The molecule has 2 aromatic heterocycles. The van der Waals surface area contributed by atoms with Crippen molar-refractivity contribution in [1.82, 2.24) is 23.8 Å². The minimum absolute atomic E-state index is 0.0216. The number of nitrogens with zero attached hydrogens (tertiary/aromatic N) is 3. The maximum absolute atomic E-state index is 12.8. The van der Waals surface area contributed by atoms with Gasteiger partial charge in [0.05, 0.1) is 5.02 Å². The molecule has 3 aromatic rings. The molecule has 0 saturated carbocycles. The van der Waals surface area contributed by atoms with Crippen molar-refractivity contribution in [2.24, 2.45) is 5.92 Å². The van der Waals surface area contributed by atoms with Gasteiger partial charge in [-0.15, -0.1) is 0 Å². The molecule has 0 aliphatic rings. The summed E-state index contributed by atoms with van der Waals surface area (Å²) in [5.41, 5.74) is -0.124. The highest BCUT2D eigenvalue weighted by atomic mass is 35.5. The van der Waals surface area contributed by atoms with E-state index in [1.807, 2.05) is 20.8 Å². The molecule has 3 rings (SSSR count). The number of fused-ring (bicyclic) bond motifs is 1. The van der Waals surface area contributed by atoms with Crippen LogP contribution >= 0.6 is 11.6 Å². The molecule has 1 amide bonds. The Bertz CT molecular complexity index is 1450. The average molecular weight is 524 g/mol. The van der Waals surface area contributed by atoms with Crippen LogP contribution in [0.5, 0.6) is 0 Å². The van der Waals surface area contributed by atoms with Gasteiger partial charge in [0.1, 0.15) is 10.7 Å². The van der Waals surface area contributed by atoms with Crippen molar-refractivity contribution in [2.45, 2.75) is 71.4 Å². The van der Waals surface area contributed by atoms with Crippen LogP contribution in [-0.2, 0) is 34.3 Å². The first-order valence-electron chi connectivity index (χ1n) is 11.5. The number of rotatable bonds is 10. The predicted octanol–water partition coefficient (Wildman–Crippen LogP) is 2.74. The lowest BCUT2D eigenvalue weighted by molar-refractivity contribution is -0.119. The number of halogens is 1. The third-order valence-electron chi connectivity index (χ3n) is 5.50. The van der Waals surface area contributed by atoms with E-state index in [-0.39, 0.29) is 39.8 Å². The monoisotopic (exact) mass is 523 g/mol. The second-order valence-electron chi connectivity index (χ2n) is 8.88. The molecule has 0 unspecified atom stereocenters. The molecule has 35 heavy (non-hydrogen) atoms. The van der Waals surface area contributed by atoms with E-state index in [0.29, 0.717) is 24.5 Å². The zero-order chi connectivity index (χ0) is 25.9. The van der Waals surface area contributed by atoms with E-state index in [2.05, 4.69) is 14.7 Å². The summed E-state index contributed by atoms with van der Waals surface area (Å²) in [6, 6.07) is 4.66. The Morgan fingerprint density at radius 2 is 1.94 bits per heavy atom. The van der Waals surface area contributed by atoms with Crippen LogP contribution in [0.1, 0.15) is 51.4 Å². The van der Waals surface area contributed by atoms with Crippen LogP contribution in [0.25, 0.3) is 11.2 Å². The Morgan fingerprint density at radius 3 is 2.57 bits per heavy atom. The molecule has 190 valence electrons. The van der Waals surface area contributed by atoms with E-state index >= 15 is 0 Å². The first-order valence-corrected chi connectivity index (χ1v) is 13.3. The predicted molar refractivity (Wildman–Crippen MR) is 134 cm³/mol. The van der Waals surface area contributed by atoms with Crippen LogP contribution in [0.3, 0.4) is 0 Å². The SMILES string of the molecule is CCCCn1c(=O)[nH]c(=O)c2c1nc(CCC(=O)NS(=O)(=O)c1c(C)cccc1Cl)n2CC(C)C. The molecule has 0 saturated heterocycles. The summed E-state index contributed by atoms with van der Waals surface area (Å²) in [4.78, 5) is 44.5. The fourth-order valence-corrected chi connectivity index (χ4v) is 5.78. The molecule has 12 heteroatoms. The van der Waals surface area contributed by atoms with Gasteiger partial charge < -0.3 is 4.57 Å². The van der Waals surface area contributed by atoms with Crippen LogP contribution < -0.4 is 16.0 Å². The number of amides is 1. The molecule has 1 aromatic carbocycles. The molecule has 10 nitrogen and oxygen atoms in total. The van der Waals surface area contributed by atoms with Gasteiger partial charge in [0.25, 0.3) is 15.6 Å². The van der Waals surface area contributed by atoms with Gasteiger partial charge in [0, 0.05) is 25.9 Å². The molecule has 0 atom stereocenters. The van der Waals surface area contributed by atoms with Crippen molar-refractivity contribution < 1.29 is 13.2 Å². The Balaban J connectivity index is 1.93. The third-order valence-corrected chi connectivity index (χ3v) is 7.51. The van der Waals surface area contributed by atoms with E-state index in [4.69, 9.17) is 11.6 Å². The summed E-state index contributed by atoms with van der Waals surface area (Å²) in [5, 5.41) is 0.0216. The number of aromatic amines is 1. The summed E-state index contributed by atoms with van der Waals surface area (Å²) >= 11 is 6.06. The molecule has 0 fully saturated rings. The number of carbonyl (C=O) groups is 1. The number of sulfonamides is 1. The van der Waals surface area contributed by atoms with Crippen molar-refractivity contribution in [3.8, 4) is 0 Å². The van der Waals surface area contributed by atoms with E-state index in [1.54, 1.807) is 23.6 Å². The Hall–Kier alpha value is -2.92. The Kier molecular flexibility index (Phi) is 8.22. The van der Waals surface area contributed by atoms with E-state index < -0.39 is 27.2 Å². The van der Waals surface area contributed by atoms with Gasteiger partial charge in [-0.3, -0.25) is 19.1 Å². The van der Waals surface area contributed by atoms with Crippen molar-refractivity contribution in [3.05, 3.63) is 55.4 Å². The molecule has 0 radical (unpaired) electrons. The normalized spacial score (nSPS) is 11.9. The zero-order valence-corrected chi connectivity index (χ0v) is 21.8. The van der Waals surface area contributed by atoms with Gasteiger partial charge >= 0.3 is 5.69 Å². The quantitative estimate of drug-likeness (QED) is 0.419. The number of benzene rings is 1. The fourth-order valence-electron chi connectivity index (χ4n) is 3.93. The van der Waals surface area contributed by atoms with E-state index in [0.717, 1.165) is 12.8 Å². The van der Waals surface area contributed by atoms with Crippen LogP contribution in [0.15, 0.2) is 32.7 Å². The van der Waals surface area contributed by atoms with Crippen LogP contribution in [0, 0.1) is 12.8 Å². The maximum atomic E-state index is 12.8. The van der Waals surface area contributed by atoms with Crippen molar-refractivity contribution in [2.75, 3.05) is 0 Å². The number of carbonyl (C=O) groups excluding carboxylic acids is 1. The Morgan fingerprint density at radius 1 is 1.23 bits per heavy atom. The van der Waals surface area contributed by atoms with Gasteiger partial charge in [0.2, 0.25) is 5.91 Å². The van der Waals surface area contributed by atoms with Gasteiger partial charge in [-0.25, -0.2) is 22.9 Å². The number of unbranched alkanes of at least 4 members (excludes halogenated alkanes) is 1. The molecular weight excluding hydrogens is 494 g/mol. The molecule has 0 bridgehead atoms. The highest BCUT2D eigenvalue weighted by Crippen LogP contribution is 2.24. The topological polar surface area (TPSA) is 136 Å². The lowest BCUT2D eigenvalue weighted by Crippen LogP contribution is -2.32. The number of aromatic nitrogens is 4. The first-order chi connectivity index (χ1) is 16.5. The highest BCUT2D eigenvalue weighted by molar-refractivity contribution is 7.90. The van der Waals surface area contributed by atoms with Gasteiger partial charge in [-0.2, -0.15) is 0 Å². The number of imidazole rings is 1. The third kappa shape index (κ3) is 5.84. The molecule has 2 heterocycles. The second kappa shape index (κ2) is 10.8. The van der Waals surface area contributed by atoms with Crippen LogP contribution in [0.2, 0.25) is 5.02 Å². The molecule has 0 aliphatic heterocycles. The number of H-pyrrole nitrogens is 1. The van der Waals surface area contributed by atoms with Crippen LogP contribution in [-0.4, -0.2) is 33.4 Å². The minimum Gasteiger partial charge on any atom is -0.322 e. The zero-order valence-electron chi connectivity index (χ0n) is 20.2. The second-order valence-corrected chi connectivity index (χ2v) is 10.9. The lowest BCUT2D eigenvalue weighted by atomic mass is 10.2. The van der Waals surface area contributed by atoms with E-state index in [9.17, 15) is 22.8 Å². The molecule has 0 spiro atoms. The van der Waals surface area contributed by atoms with E-state index in [1.165, 1.54) is 10.6 Å². The summed E-state index contributed by atoms with van der Waals surface area (Å²) < 4.78 is 30.7. The Labute approximate surface area is 208 Å². The van der Waals surface area contributed by atoms with Gasteiger partial charge in [-0.1, -0.05) is 50.9 Å². The van der Waals surface area contributed by atoms with Crippen molar-refractivity contribution >= 4 is 38.7 Å².